The van der Waals surface area contributed by atoms with Crippen LogP contribution >= 0.6 is 0 Å². The first-order chi connectivity index (χ1) is 12.4. The van der Waals surface area contributed by atoms with Crippen LogP contribution in [0.3, 0.4) is 0 Å². The highest BCUT2D eigenvalue weighted by Crippen LogP contribution is 2.34. The van der Waals surface area contributed by atoms with E-state index in [2.05, 4.69) is 5.32 Å². The maximum absolute atomic E-state index is 12.3. The van der Waals surface area contributed by atoms with E-state index < -0.39 is 17.4 Å². The first-order valence-corrected chi connectivity index (χ1v) is 9.07. The van der Waals surface area contributed by atoms with Gasteiger partial charge in [-0.3, -0.25) is 14.4 Å². The van der Waals surface area contributed by atoms with Crippen molar-refractivity contribution < 1.29 is 24.2 Å². The zero-order chi connectivity index (χ0) is 19.2. The molecule has 1 aromatic rings. The summed E-state index contributed by atoms with van der Waals surface area (Å²) in [6, 6.07) is 6.88. The Morgan fingerprint density at radius 2 is 1.88 bits per heavy atom. The summed E-state index contributed by atoms with van der Waals surface area (Å²) in [6.45, 7) is 1.81. The lowest BCUT2D eigenvalue weighted by atomic mass is 9.74. The van der Waals surface area contributed by atoms with Crippen LogP contribution in [0, 0.1) is 5.92 Å². The minimum atomic E-state index is -0.859. The van der Waals surface area contributed by atoms with Crippen LogP contribution in [-0.2, 0) is 9.59 Å². The molecule has 0 heterocycles. The summed E-state index contributed by atoms with van der Waals surface area (Å²) in [5, 5.41) is 12.3. The molecule has 1 aliphatic carbocycles. The molecule has 142 valence electrons. The van der Waals surface area contributed by atoms with Gasteiger partial charge in [-0.15, -0.1) is 0 Å². The van der Waals surface area contributed by atoms with E-state index in [0.717, 1.165) is 12.8 Å². The van der Waals surface area contributed by atoms with Crippen molar-refractivity contribution in [3.8, 4) is 5.75 Å². The third-order valence-corrected chi connectivity index (χ3v) is 5.15. The van der Waals surface area contributed by atoms with Gasteiger partial charge in [0.15, 0.2) is 5.78 Å². The van der Waals surface area contributed by atoms with Gasteiger partial charge in [0.1, 0.15) is 5.75 Å². The molecule has 0 radical (unpaired) electrons. The highest BCUT2D eigenvalue weighted by molar-refractivity contribution is 5.96. The molecule has 1 saturated carbocycles. The summed E-state index contributed by atoms with van der Waals surface area (Å²) in [7, 11) is 1.57. The van der Waals surface area contributed by atoms with Gasteiger partial charge in [0.2, 0.25) is 5.91 Å². The van der Waals surface area contributed by atoms with E-state index in [9.17, 15) is 19.5 Å². The highest BCUT2D eigenvalue weighted by atomic mass is 16.5. The van der Waals surface area contributed by atoms with Crippen LogP contribution in [0.5, 0.6) is 5.75 Å². The SMILES string of the molecule is COc1ccc(C(=O)CCCC(=O)NC2(C)CCCCC2C(=O)O)cc1. The molecule has 1 amide bonds. The largest absolute Gasteiger partial charge is 0.497 e. The number of Topliss-reactive ketones (excluding diaryl/α,β-unsaturated/α-hetero) is 1. The zero-order valence-corrected chi connectivity index (χ0v) is 15.4. The number of methoxy groups -OCH3 is 1. The Hall–Kier alpha value is -2.37. The van der Waals surface area contributed by atoms with Crippen molar-refractivity contribution >= 4 is 17.7 Å². The van der Waals surface area contributed by atoms with E-state index in [1.54, 1.807) is 31.4 Å². The Morgan fingerprint density at radius 3 is 2.50 bits per heavy atom. The predicted molar refractivity (Wildman–Crippen MR) is 97.3 cm³/mol. The molecule has 2 rings (SSSR count). The van der Waals surface area contributed by atoms with Crippen LogP contribution in [0.25, 0.3) is 0 Å². The Bertz CT molecular complexity index is 655. The first-order valence-electron chi connectivity index (χ1n) is 9.07. The number of ketones is 1. The third-order valence-electron chi connectivity index (χ3n) is 5.15. The van der Waals surface area contributed by atoms with Crippen molar-refractivity contribution in [3.63, 3.8) is 0 Å². The predicted octanol–water partition coefficient (Wildman–Crippen LogP) is 3.20. The van der Waals surface area contributed by atoms with E-state index >= 15 is 0 Å². The number of ether oxygens (including phenoxy) is 1. The van der Waals surface area contributed by atoms with Gasteiger partial charge < -0.3 is 15.2 Å². The molecule has 2 unspecified atom stereocenters. The third kappa shape index (κ3) is 5.07. The topological polar surface area (TPSA) is 92.7 Å². The molecule has 6 nitrogen and oxygen atoms in total. The van der Waals surface area contributed by atoms with E-state index in [-0.39, 0.29) is 24.5 Å². The number of rotatable bonds is 8. The lowest BCUT2D eigenvalue weighted by molar-refractivity contribution is -0.146. The summed E-state index contributed by atoms with van der Waals surface area (Å²) in [4.78, 5) is 35.9. The average Bonchev–Trinajstić information content (AvgIpc) is 2.61. The number of hydrogen-bond donors (Lipinski definition) is 2. The number of amides is 1. The average molecular weight is 361 g/mol. The van der Waals surface area contributed by atoms with E-state index in [1.807, 2.05) is 6.92 Å². The fourth-order valence-electron chi connectivity index (χ4n) is 3.59. The number of benzene rings is 1. The van der Waals surface area contributed by atoms with Crippen LogP contribution < -0.4 is 10.1 Å². The first kappa shape index (κ1) is 19.9. The smallest absolute Gasteiger partial charge is 0.308 e. The summed E-state index contributed by atoms with van der Waals surface area (Å²) in [5.41, 5.74) is -0.113. The van der Waals surface area contributed by atoms with Gasteiger partial charge in [-0.2, -0.15) is 0 Å². The van der Waals surface area contributed by atoms with Crippen molar-refractivity contribution in [1.29, 1.82) is 0 Å². The Labute approximate surface area is 153 Å². The molecule has 0 aliphatic heterocycles. The van der Waals surface area contributed by atoms with E-state index in [0.29, 0.717) is 30.6 Å². The molecule has 1 aromatic carbocycles. The molecule has 26 heavy (non-hydrogen) atoms. The van der Waals surface area contributed by atoms with Crippen LogP contribution in [-0.4, -0.2) is 35.4 Å². The van der Waals surface area contributed by atoms with E-state index in [1.165, 1.54) is 0 Å². The molecule has 2 N–H and O–H groups in total. The second-order valence-corrected chi connectivity index (χ2v) is 7.11. The highest BCUT2D eigenvalue weighted by Gasteiger charge is 2.41. The summed E-state index contributed by atoms with van der Waals surface area (Å²) in [5.74, 6) is -0.936. The Kier molecular flexibility index (Phi) is 6.77. The van der Waals surface area contributed by atoms with Crippen molar-refractivity contribution in [2.45, 2.75) is 57.4 Å². The van der Waals surface area contributed by atoms with Gasteiger partial charge in [0.05, 0.1) is 18.6 Å². The number of carbonyl (C=O) groups excluding carboxylic acids is 2. The molecular weight excluding hydrogens is 334 g/mol. The normalized spacial score (nSPS) is 22.5. The molecule has 6 heteroatoms. The second kappa shape index (κ2) is 8.83. The minimum absolute atomic E-state index is 0.0206. The summed E-state index contributed by atoms with van der Waals surface area (Å²) >= 11 is 0. The monoisotopic (exact) mass is 361 g/mol. The number of carboxylic acid groups (broad SMARTS) is 1. The standard InChI is InChI=1S/C20H27NO5/c1-20(13-4-3-6-16(20)19(24)25)21-18(23)8-5-7-17(22)14-9-11-15(26-2)12-10-14/h9-12,16H,3-8,13H2,1-2H3,(H,21,23)(H,24,25). The molecule has 0 bridgehead atoms. The van der Waals surface area contributed by atoms with E-state index in [4.69, 9.17) is 4.74 Å². The van der Waals surface area contributed by atoms with Crippen LogP contribution in [0.4, 0.5) is 0 Å². The van der Waals surface area contributed by atoms with Gasteiger partial charge in [-0.25, -0.2) is 0 Å². The fraction of sp³-hybridized carbons (Fsp3) is 0.550. The van der Waals surface area contributed by atoms with Crippen LogP contribution in [0.2, 0.25) is 0 Å². The lowest BCUT2D eigenvalue weighted by Crippen LogP contribution is -2.55. The maximum Gasteiger partial charge on any atom is 0.308 e. The molecule has 0 spiro atoms. The number of carbonyl (C=O) groups is 3. The molecule has 1 fully saturated rings. The van der Waals surface area contributed by atoms with Crippen LogP contribution in [0.1, 0.15) is 62.2 Å². The molecular formula is C20H27NO5. The summed E-state index contributed by atoms with van der Waals surface area (Å²) < 4.78 is 5.06. The minimum Gasteiger partial charge on any atom is -0.497 e. The second-order valence-electron chi connectivity index (χ2n) is 7.11. The number of aliphatic carboxylic acids is 1. The number of nitrogens with one attached hydrogen (secondary N) is 1. The Morgan fingerprint density at radius 1 is 1.19 bits per heavy atom. The fourth-order valence-corrected chi connectivity index (χ4v) is 3.59. The lowest BCUT2D eigenvalue weighted by Gasteiger charge is -2.39. The maximum atomic E-state index is 12.3. The molecule has 0 saturated heterocycles. The van der Waals surface area contributed by atoms with Gasteiger partial charge >= 0.3 is 5.97 Å². The van der Waals surface area contributed by atoms with Crippen molar-refractivity contribution in [3.05, 3.63) is 29.8 Å². The van der Waals surface area contributed by atoms with Crippen molar-refractivity contribution in [2.75, 3.05) is 7.11 Å². The number of hydrogen-bond acceptors (Lipinski definition) is 4. The number of carboxylic acids is 1. The Balaban J connectivity index is 1.82. The van der Waals surface area contributed by atoms with Crippen LogP contribution in [0.15, 0.2) is 24.3 Å². The van der Waals surface area contributed by atoms with Gasteiger partial charge in [0, 0.05) is 18.4 Å². The van der Waals surface area contributed by atoms with Gasteiger partial charge in [-0.1, -0.05) is 12.8 Å². The van der Waals surface area contributed by atoms with Gasteiger partial charge in [0.25, 0.3) is 0 Å². The quantitative estimate of drug-likeness (QED) is 0.694. The zero-order valence-electron chi connectivity index (χ0n) is 15.4. The molecule has 2 atom stereocenters. The van der Waals surface area contributed by atoms with Gasteiger partial charge in [-0.05, 0) is 50.5 Å². The van der Waals surface area contributed by atoms with Crippen molar-refractivity contribution in [1.82, 2.24) is 5.32 Å². The molecule has 0 aromatic heterocycles. The molecule has 1 aliphatic rings. The summed E-state index contributed by atoms with van der Waals surface area (Å²) in [6.07, 6.45) is 3.96. The van der Waals surface area contributed by atoms with Crippen molar-refractivity contribution in [2.24, 2.45) is 5.92 Å².